The van der Waals surface area contributed by atoms with E-state index in [4.69, 9.17) is 4.74 Å². The number of ether oxygens (including phenoxy) is 1. The van der Waals surface area contributed by atoms with Crippen molar-refractivity contribution in [1.29, 1.82) is 0 Å². The second-order valence-corrected chi connectivity index (χ2v) is 6.16. The van der Waals surface area contributed by atoms with Gasteiger partial charge in [-0.1, -0.05) is 19.4 Å². The second kappa shape index (κ2) is 10.1. The summed E-state index contributed by atoms with van der Waals surface area (Å²) < 4.78 is 5.54. The number of hydrogen-bond donors (Lipinski definition) is 2. The number of amides is 2. The van der Waals surface area contributed by atoms with Crippen LogP contribution < -0.4 is 15.4 Å². The molecule has 2 N–H and O–H groups in total. The van der Waals surface area contributed by atoms with E-state index in [0.29, 0.717) is 29.2 Å². The molecule has 8 heteroatoms. The number of nitrogens with one attached hydrogen (secondary N) is 2. The molecule has 0 unspecified atom stereocenters. The van der Waals surface area contributed by atoms with Crippen LogP contribution in [0, 0.1) is 17.0 Å². The lowest BCUT2D eigenvalue weighted by Crippen LogP contribution is -2.33. The van der Waals surface area contributed by atoms with Crippen LogP contribution in [0.3, 0.4) is 0 Å². The zero-order valence-corrected chi connectivity index (χ0v) is 15.9. The largest absolute Gasteiger partial charge is 0.494 e. The number of benzene rings is 2. The van der Waals surface area contributed by atoms with E-state index in [0.717, 1.165) is 12.8 Å². The Kier molecular flexibility index (Phi) is 7.50. The summed E-state index contributed by atoms with van der Waals surface area (Å²) in [6, 6.07) is 11.1. The summed E-state index contributed by atoms with van der Waals surface area (Å²) >= 11 is 0. The molecule has 2 aromatic carbocycles. The Bertz CT molecular complexity index is 849. The van der Waals surface area contributed by atoms with E-state index in [-0.39, 0.29) is 12.2 Å². The Morgan fingerprint density at radius 3 is 2.50 bits per heavy atom. The second-order valence-electron chi connectivity index (χ2n) is 6.16. The molecule has 0 spiro atoms. The molecular formula is C20H23N3O5. The number of rotatable bonds is 9. The minimum Gasteiger partial charge on any atom is -0.494 e. The highest BCUT2D eigenvalue weighted by atomic mass is 16.6. The van der Waals surface area contributed by atoms with Crippen LogP contribution in [0.25, 0.3) is 0 Å². The molecule has 0 heterocycles. The summed E-state index contributed by atoms with van der Waals surface area (Å²) in [5.74, 6) is -0.189. The third-order valence-corrected chi connectivity index (χ3v) is 4.07. The maximum absolute atomic E-state index is 12.2. The lowest BCUT2D eigenvalue weighted by Gasteiger charge is -2.10. The van der Waals surface area contributed by atoms with E-state index < -0.39 is 16.7 Å². The third kappa shape index (κ3) is 5.80. The van der Waals surface area contributed by atoms with Gasteiger partial charge in [-0.2, -0.15) is 0 Å². The summed E-state index contributed by atoms with van der Waals surface area (Å²) in [4.78, 5) is 34.7. The number of nitro groups is 1. The maximum atomic E-state index is 12.2. The van der Waals surface area contributed by atoms with Crippen molar-refractivity contribution in [2.24, 2.45) is 0 Å². The molecule has 0 aliphatic rings. The van der Waals surface area contributed by atoms with Gasteiger partial charge in [-0.05, 0) is 43.7 Å². The zero-order valence-electron chi connectivity index (χ0n) is 15.9. The van der Waals surface area contributed by atoms with Crippen molar-refractivity contribution in [1.82, 2.24) is 5.32 Å². The molecule has 0 saturated heterocycles. The molecule has 148 valence electrons. The molecule has 0 radical (unpaired) electrons. The molecule has 0 saturated carbocycles. The fourth-order valence-electron chi connectivity index (χ4n) is 2.45. The Morgan fingerprint density at radius 2 is 1.86 bits per heavy atom. The van der Waals surface area contributed by atoms with Crippen LogP contribution in [0.15, 0.2) is 42.5 Å². The zero-order chi connectivity index (χ0) is 20.5. The minimum absolute atomic E-state index is 0.0805. The van der Waals surface area contributed by atoms with Crippen molar-refractivity contribution in [2.75, 3.05) is 18.5 Å². The number of nitrogens with zero attached hydrogens (tertiary/aromatic N) is 1. The highest BCUT2D eigenvalue weighted by Gasteiger charge is 2.15. The van der Waals surface area contributed by atoms with Crippen LogP contribution in [-0.2, 0) is 4.79 Å². The van der Waals surface area contributed by atoms with E-state index in [9.17, 15) is 19.7 Å². The number of hydrogen-bond acceptors (Lipinski definition) is 5. The highest BCUT2D eigenvalue weighted by molar-refractivity contribution is 5.99. The van der Waals surface area contributed by atoms with Crippen LogP contribution in [0.5, 0.6) is 5.75 Å². The minimum atomic E-state index is -0.512. The Labute approximate surface area is 163 Å². The third-order valence-electron chi connectivity index (χ3n) is 4.07. The number of carbonyl (C=O) groups excluding carboxylic acids is 2. The van der Waals surface area contributed by atoms with Crippen LogP contribution >= 0.6 is 0 Å². The Balaban J connectivity index is 1.88. The first-order chi connectivity index (χ1) is 13.4. The summed E-state index contributed by atoms with van der Waals surface area (Å²) in [6.45, 7) is 4.00. The smallest absolute Gasteiger partial charge is 0.274 e. The molecule has 8 nitrogen and oxygen atoms in total. The topological polar surface area (TPSA) is 111 Å². The van der Waals surface area contributed by atoms with E-state index in [1.165, 1.54) is 12.1 Å². The van der Waals surface area contributed by atoms with Gasteiger partial charge in [0.05, 0.1) is 29.3 Å². The first-order valence-corrected chi connectivity index (χ1v) is 8.97. The Morgan fingerprint density at radius 1 is 1.14 bits per heavy atom. The molecule has 0 atom stereocenters. The van der Waals surface area contributed by atoms with E-state index in [1.54, 1.807) is 37.3 Å². The van der Waals surface area contributed by atoms with Gasteiger partial charge in [-0.3, -0.25) is 19.7 Å². The molecule has 0 aliphatic heterocycles. The number of nitro benzene ring substituents is 1. The Hall–Kier alpha value is -3.42. The van der Waals surface area contributed by atoms with Crippen molar-refractivity contribution in [2.45, 2.75) is 26.7 Å². The van der Waals surface area contributed by atoms with Gasteiger partial charge in [0.2, 0.25) is 5.91 Å². The van der Waals surface area contributed by atoms with Crippen LogP contribution in [-0.4, -0.2) is 29.9 Å². The number of anilines is 1. The van der Waals surface area contributed by atoms with Crippen molar-refractivity contribution >= 4 is 23.2 Å². The van der Waals surface area contributed by atoms with Crippen molar-refractivity contribution < 1.29 is 19.2 Å². The number of carbonyl (C=O) groups is 2. The lowest BCUT2D eigenvalue weighted by molar-refractivity contribution is -0.385. The van der Waals surface area contributed by atoms with Gasteiger partial charge in [-0.25, -0.2) is 0 Å². The van der Waals surface area contributed by atoms with Crippen molar-refractivity contribution in [3.05, 3.63) is 63.7 Å². The first kappa shape index (κ1) is 20.9. The molecular weight excluding hydrogens is 362 g/mol. The predicted octanol–water partition coefficient (Wildman–Crippen LogP) is 3.45. The van der Waals surface area contributed by atoms with Crippen LogP contribution in [0.2, 0.25) is 0 Å². The van der Waals surface area contributed by atoms with E-state index in [2.05, 4.69) is 17.6 Å². The predicted molar refractivity (Wildman–Crippen MR) is 106 cm³/mol. The molecule has 0 aromatic heterocycles. The van der Waals surface area contributed by atoms with E-state index in [1.807, 2.05) is 0 Å². The SMILES string of the molecule is CCCCOc1ccc(C(=O)NCC(=O)Nc2cccc([N+](=O)[O-])c2C)cc1. The van der Waals surface area contributed by atoms with Gasteiger partial charge in [0.1, 0.15) is 5.75 Å². The summed E-state index contributed by atoms with van der Waals surface area (Å²) in [5.41, 5.74) is 1.01. The average molecular weight is 385 g/mol. The summed E-state index contributed by atoms with van der Waals surface area (Å²) in [6.07, 6.45) is 2.00. The molecule has 2 aromatic rings. The van der Waals surface area contributed by atoms with Gasteiger partial charge in [0.15, 0.2) is 0 Å². The fourth-order valence-corrected chi connectivity index (χ4v) is 2.45. The standard InChI is InChI=1S/C20H23N3O5/c1-3-4-12-28-16-10-8-15(9-11-16)20(25)21-13-19(24)22-17-6-5-7-18(14(17)2)23(26)27/h5-11H,3-4,12-13H2,1-2H3,(H,21,25)(H,22,24). The van der Waals surface area contributed by atoms with Crippen molar-refractivity contribution in [3.8, 4) is 5.75 Å². The monoisotopic (exact) mass is 385 g/mol. The van der Waals surface area contributed by atoms with Crippen LogP contribution in [0.1, 0.15) is 35.7 Å². The van der Waals surface area contributed by atoms with Gasteiger partial charge in [0, 0.05) is 11.6 Å². The van der Waals surface area contributed by atoms with Gasteiger partial charge in [-0.15, -0.1) is 0 Å². The summed E-state index contributed by atoms with van der Waals surface area (Å²) in [5, 5.41) is 16.1. The summed E-state index contributed by atoms with van der Waals surface area (Å²) in [7, 11) is 0. The quantitative estimate of drug-likeness (QED) is 0.390. The van der Waals surface area contributed by atoms with Gasteiger partial charge in [0.25, 0.3) is 11.6 Å². The number of unbranched alkanes of at least 4 members (excludes halogenated alkanes) is 1. The maximum Gasteiger partial charge on any atom is 0.274 e. The van der Waals surface area contributed by atoms with Gasteiger partial charge >= 0.3 is 0 Å². The molecule has 0 fully saturated rings. The van der Waals surface area contributed by atoms with Crippen molar-refractivity contribution in [3.63, 3.8) is 0 Å². The average Bonchev–Trinajstić information content (AvgIpc) is 2.68. The fraction of sp³-hybridized carbons (Fsp3) is 0.300. The first-order valence-electron chi connectivity index (χ1n) is 8.97. The normalized spacial score (nSPS) is 10.2. The van der Waals surface area contributed by atoms with E-state index >= 15 is 0 Å². The molecule has 2 rings (SSSR count). The van der Waals surface area contributed by atoms with Crippen LogP contribution in [0.4, 0.5) is 11.4 Å². The molecule has 28 heavy (non-hydrogen) atoms. The molecule has 0 bridgehead atoms. The lowest BCUT2D eigenvalue weighted by atomic mass is 10.1. The molecule has 2 amide bonds. The highest BCUT2D eigenvalue weighted by Crippen LogP contribution is 2.24. The molecule has 0 aliphatic carbocycles. The van der Waals surface area contributed by atoms with Gasteiger partial charge < -0.3 is 15.4 Å².